The van der Waals surface area contributed by atoms with Crippen LogP contribution in [0.15, 0.2) is 27.1 Å². The second-order valence-electron chi connectivity index (χ2n) is 6.64. The van der Waals surface area contributed by atoms with Crippen LogP contribution in [0.4, 0.5) is 5.69 Å². The van der Waals surface area contributed by atoms with Gasteiger partial charge in [-0.05, 0) is 46.0 Å². The van der Waals surface area contributed by atoms with Crippen molar-refractivity contribution < 1.29 is 0 Å². The first-order valence-electron chi connectivity index (χ1n) is 7.28. The highest BCUT2D eigenvalue weighted by molar-refractivity contribution is 9.11. The molecular weight excluding hydrogens is 380 g/mol. The summed E-state index contributed by atoms with van der Waals surface area (Å²) in [5.74, 6) is 0. The fourth-order valence-corrected chi connectivity index (χ4v) is 3.57. The van der Waals surface area contributed by atoms with Gasteiger partial charge in [0.25, 0.3) is 0 Å². The maximum atomic E-state index is 3.73. The molecule has 2 unspecified atom stereocenters. The summed E-state index contributed by atoms with van der Waals surface area (Å²) in [7, 11) is 0. The molecule has 4 heteroatoms. The molecule has 2 nitrogen and oxygen atoms in total. The van der Waals surface area contributed by atoms with E-state index in [1.54, 1.807) is 0 Å². The van der Waals surface area contributed by atoms with E-state index in [0.29, 0.717) is 12.1 Å². The third-order valence-corrected chi connectivity index (χ3v) is 5.32. The Morgan fingerprint density at radius 3 is 2.60 bits per heavy atom. The summed E-state index contributed by atoms with van der Waals surface area (Å²) in [6.07, 6.45) is 1.16. The van der Waals surface area contributed by atoms with Gasteiger partial charge in [0.15, 0.2) is 0 Å². The first-order chi connectivity index (χ1) is 9.32. The Morgan fingerprint density at radius 1 is 1.30 bits per heavy atom. The molecule has 1 fully saturated rings. The van der Waals surface area contributed by atoms with E-state index >= 15 is 0 Å². The van der Waals surface area contributed by atoms with Gasteiger partial charge in [-0.1, -0.05) is 43.6 Å². The van der Waals surface area contributed by atoms with Gasteiger partial charge in [-0.2, -0.15) is 0 Å². The molecule has 2 atom stereocenters. The zero-order valence-corrected chi connectivity index (χ0v) is 15.9. The quantitative estimate of drug-likeness (QED) is 0.761. The Labute approximate surface area is 139 Å². The average molecular weight is 404 g/mol. The number of nitrogens with zero attached hydrogens (tertiary/aromatic N) is 1. The standard InChI is InChI=1S/C16H24Br2N2/c1-5-12-9-19-15(16(2,3)4)10-20(12)14-8-11(17)6-7-13(14)18/h6-8,12,15,19H,5,9-10H2,1-4H3. The van der Waals surface area contributed by atoms with Crippen LogP contribution in [-0.2, 0) is 0 Å². The van der Waals surface area contributed by atoms with Gasteiger partial charge in [0, 0.05) is 34.1 Å². The van der Waals surface area contributed by atoms with Crippen molar-refractivity contribution in [1.82, 2.24) is 5.32 Å². The smallest absolute Gasteiger partial charge is 0.0525 e. The highest BCUT2D eigenvalue weighted by Gasteiger charge is 2.34. The number of nitrogens with one attached hydrogen (secondary N) is 1. The zero-order chi connectivity index (χ0) is 14.9. The van der Waals surface area contributed by atoms with E-state index in [2.05, 4.69) is 88.0 Å². The molecule has 0 aromatic heterocycles. The SMILES string of the molecule is CCC1CNC(C(C)(C)C)CN1c1cc(Br)ccc1Br. The predicted molar refractivity (Wildman–Crippen MR) is 94.5 cm³/mol. The van der Waals surface area contributed by atoms with E-state index in [1.165, 1.54) is 10.2 Å². The van der Waals surface area contributed by atoms with Crippen LogP contribution in [0, 0.1) is 5.41 Å². The largest absolute Gasteiger partial charge is 0.365 e. The highest BCUT2D eigenvalue weighted by atomic mass is 79.9. The topological polar surface area (TPSA) is 15.3 Å². The molecule has 1 aromatic rings. The normalized spacial score (nSPS) is 24.0. The van der Waals surface area contributed by atoms with Gasteiger partial charge < -0.3 is 10.2 Å². The van der Waals surface area contributed by atoms with Crippen LogP contribution < -0.4 is 10.2 Å². The summed E-state index contributed by atoms with van der Waals surface area (Å²) in [6, 6.07) is 7.49. The maximum absolute atomic E-state index is 3.73. The van der Waals surface area contributed by atoms with Gasteiger partial charge in [0.2, 0.25) is 0 Å². The number of anilines is 1. The Morgan fingerprint density at radius 2 is 2.00 bits per heavy atom. The molecule has 0 aliphatic carbocycles. The van der Waals surface area contributed by atoms with Crippen molar-refractivity contribution >= 4 is 37.5 Å². The van der Waals surface area contributed by atoms with Crippen LogP contribution in [0.2, 0.25) is 0 Å². The molecule has 112 valence electrons. The Kier molecular flexibility index (Phi) is 5.19. The predicted octanol–water partition coefficient (Wildman–Crippen LogP) is 4.81. The Balaban J connectivity index is 2.32. The van der Waals surface area contributed by atoms with Crippen molar-refractivity contribution in [3.05, 3.63) is 27.1 Å². The van der Waals surface area contributed by atoms with Crippen LogP contribution in [0.25, 0.3) is 0 Å². The molecule has 1 aromatic carbocycles. The monoisotopic (exact) mass is 402 g/mol. The van der Waals surface area contributed by atoms with Crippen molar-refractivity contribution in [2.75, 3.05) is 18.0 Å². The van der Waals surface area contributed by atoms with E-state index in [-0.39, 0.29) is 5.41 Å². The van der Waals surface area contributed by atoms with Gasteiger partial charge in [-0.15, -0.1) is 0 Å². The van der Waals surface area contributed by atoms with Crippen molar-refractivity contribution in [3.63, 3.8) is 0 Å². The minimum absolute atomic E-state index is 0.273. The fourth-order valence-electron chi connectivity index (χ4n) is 2.74. The number of hydrogen-bond donors (Lipinski definition) is 1. The first kappa shape index (κ1) is 16.3. The van der Waals surface area contributed by atoms with Gasteiger partial charge in [-0.25, -0.2) is 0 Å². The van der Waals surface area contributed by atoms with Gasteiger partial charge >= 0.3 is 0 Å². The average Bonchev–Trinajstić information content (AvgIpc) is 2.40. The van der Waals surface area contributed by atoms with Crippen molar-refractivity contribution in [1.29, 1.82) is 0 Å². The lowest BCUT2D eigenvalue weighted by Crippen LogP contribution is -2.60. The van der Waals surface area contributed by atoms with E-state index in [1.807, 2.05) is 0 Å². The lowest BCUT2D eigenvalue weighted by molar-refractivity contribution is 0.233. The van der Waals surface area contributed by atoms with Crippen LogP contribution in [0.3, 0.4) is 0 Å². The number of halogens is 2. The third-order valence-electron chi connectivity index (χ3n) is 4.15. The number of rotatable bonds is 2. The van der Waals surface area contributed by atoms with Crippen LogP contribution >= 0.6 is 31.9 Å². The molecular formula is C16H24Br2N2. The van der Waals surface area contributed by atoms with Gasteiger partial charge in [-0.3, -0.25) is 0 Å². The lowest BCUT2D eigenvalue weighted by Gasteiger charge is -2.46. The second-order valence-corrected chi connectivity index (χ2v) is 8.41. The molecule has 1 saturated heterocycles. The minimum atomic E-state index is 0.273. The molecule has 0 bridgehead atoms. The summed E-state index contributed by atoms with van der Waals surface area (Å²) in [5, 5.41) is 3.73. The Hall–Kier alpha value is -0.0600. The number of benzene rings is 1. The molecule has 0 saturated carbocycles. The van der Waals surface area contributed by atoms with Crippen molar-refractivity contribution in [2.45, 2.75) is 46.2 Å². The molecule has 0 radical (unpaired) electrons. The first-order valence-corrected chi connectivity index (χ1v) is 8.86. The van der Waals surface area contributed by atoms with Crippen LogP contribution in [-0.4, -0.2) is 25.2 Å². The summed E-state index contributed by atoms with van der Waals surface area (Å²) in [5.41, 5.74) is 1.57. The van der Waals surface area contributed by atoms with Crippen LogP contribution in [0.1, 0.15) is 34.1 Å². The minimum Gasteiger partial charge on any atom is -0.365 e. The molecule has 1 N–H and O–H groups in total. The van der Waals surface area contributed by atoms with E-state index < -0.39 is 0 Å². The fraction of sp³-hybridized carbons (Fsp3) is 0.625. The lowest BCUT2D eigenvalue weighted by atomic mass is 9.84. The molecule has 1 aliphatic heterocycles. The van der Waals surface area contributed by atoms with E-state index in [4.69, 9.17) is 0 Å². The van der Waals surface area contributed by atoms with Crippen molar-refractivity contribution in [3.8, 4) is 0 Å². The molecule has 1 aliphatic rings. The molecule has 0 spiro atoms. The zero-order valence-electron chi connectivity index (χ0n) is 12.7. The molecule has 20 heavy (non-hydrogen) atoms. The highest BCUT2D eigenvalue weighted by Crippen LogP contribution is 2.34. The molecule has 1 heterocycles. The molecule has 0 amide bonds. The summed E-state index contributed by atoms with van der Waals surface area (Å²) >= 11 is 7.31. The van der Waals surface area contributed by atoms with Gasteiger partial charge in [0.05, 0.1) is 5.69 Å². The maximum Gasteiger partial charge on any atom is 0.0525 e. The van der Waals surface area contributed by atoms with Crippen LogP contribution in [0.5, 0.6) is 0 Å². The molecule has 2 rings (SSSR count). The van der Waals surface area contributed by atoms with Crippen molar-refractivity contribution in [2.24, 2.45) is 5.41 Å². The van der Waals surface area contributed by atoms with E-state index in [0.717, 1.165) is 24.0 Å². The second kappa shape index (κ2) is 6.37. The Bertz CT molecular complexity index is 468. The number of piperazine rings is 1. The van der Waals surface area contributed by atoms with E-state index in [9.17, 15) is 0 Å². The summed E-state index contributed by atoms with van der Waals surface area (Å²) in [6.45, 7) is 11.3. The summed E-state index contributed by atoms with van der Waals surface area (Å²) < 4.78 is 2.31. The van der Waals surface area contributed by atoms with Gasteiger partial charge in [0.1, 0.15) is 0 Å². The number of hydrogen-bond acceptors (Lipinski definition) is 2. The summed E-state index contributed by atoms with van der Waals surface area (Å²) in [4.78, 5) is 2.56. The third kappa shape index (κ3) is 3.58.